The maximum absolute atomic E-state index is 13.8. The van der Waals surface area contributed by atoms with Crippen LogP contribution in [0.4, 0.5) is 18.9 Å². The van der Waals surface area contributed by atoms with Gasteiger partial charge in [-0.05, 0) is 111 Å². The van der Waals surface area contributed by atoms with Crippen LogP contribution in [0.15, 0.2) is 60.7 Å². The molecular formula is C35H40ClF3N2O4. The summed E-state index contributed by atoms with van der Waals surface area (Å²) < 4.78 is 49.7. The number of nitrogens with zero attached hydrogens (tertiary/aromatic N) is 2. The van der Waals surface area contributed by atoms with E-state index < -0.39 is 24.2 Å². The average Bonchev–Trinajstić information content (AvgIpc) is 2.99. The van der Waals surface area contributed by atoms with Crippen molar-refractivity contribution < 1.29 is 32.5 Å². The van der Waals surface area contributed by atoms with Crippen molar-refractivity contribution in [3.63, 3.8) is 0 Å². The van der Waals surface area contributed by atoms with Crippen LogP contribution in [0.5, 0.6) is 11.5 Å². The molecule has 6 nitrogen and oxygen atoms in total. The van der Waals surface area contributed by atoms with Crippen LogP contribution in [0.3, 0.4) is 0 Å². The number of carbonyl (C=O) groups is 1. The minimum absolute atomic E-state index is 0.0211. The van der Waals surface area contributed by atoms with E-state index in [9.17, 15) is 23.1 Å². The minimum Gasteiger partial charge on any atom is -0.493 e. The number of hydrogen-bond acceptors (Lipinski definition) is 5. The number of piperidine rings is 1. The van der Waals surface area contributed by atoms with E-state index in [1.807, 2.05) is 67.3 Å². The second-order valence-corrected chi connectivity index (χ2v) is 12.9. The second-order valence-electron chi connectivity index (χ2n) is 12.4. The van der Waals surface area contributed by atoms with Crippen LogP contribution < -0.4 is 14.4 Å². The summed E-state index contributed by atoms with van der Waals surface area (Å²) in [5.74, 6) is 0.963. The van der Waals surface area contributed by atoms with Gasteiger partial charge in [-0.25, -0.2) is 0 Å². The lowest BCUT2D eigenvalue weighted by molar-refractivity contribution is -0.139. The average molecular weight is 645 g/mol. The van der Waals surface area contributed by atoms with Crippen LogP contribution in [0.1, 0.15) is 68.3 Å². The van der Waals surface area contributed by atoms with Crippen LogP contribution in [0.25, 0.3) is 0 Å². The monoisotopic (exact) mass is 644 g/mol. The number of benzene rings is 3. The Kier molecular flexibility index (Phi) is 9.73. The molecule has 3 aromatic rings. The number of likely N-dealkylation sites (tertiary alicyclic amines) is 1. The lowest BCUT2D eigenvalue weighted by Crippen LogP contribution is -2.43. The first-order chi connectivity index (χ1) is 21.3. The topological polar surface area (TPSA) is 62.2 Å². The fourth-order valence-corrected chi connectivity index (χ4v) is 6.65. The Morgan fingerprint density at radius 3 is 2.22 bits per heavy atom. The molecule has 0 radical (unpaired) electrons. The number of ether oxygens (including phenoxy) is 2. The Labute approximate surface area is 267 Å². The van der Waals surface area contributed by atoms with Gasteiger partial charge >= 0.3 is 6.18 Å². The smallest absolute Gasteiger partial charge is 0.390 e. The summed E-state index contributed by atoms with van der Waals surface area (Å²) in [6.45, 7) is 6.64. The Hall–Kier alpha value is -3.27. The molecule has 242 valence electrons. The summed E-state index contributed by atoms with van der Waals surface area (Å²) in [5, 5.41) is 12.2. The number of hydrogen-bond donors (Lipinski definition) is 1. The molecule has 1 fully saturated rings. The lowest BCUT2D eigenvalue weighted by atomic mass is 9.77. The molecule has 1 saturated heterocycles. The number of anilines is 1. The molecule has 45 heavy (non-hydrogen) atoms. The number of carbonyl (C=O) groups excluding carboxylic acids is 1. The zero-order chi connectivity index (χ0) is 32.5. The molecule has 0 bridgehead atoms. The molecule has 1 N–H and O–H groups in total. The van der Waals surface area contributed by atoms with Gasteiger partial charge in [0.1, 0.15) is 0 Å². The molecular weight excluding hydrogens is 605 g/mol. The Morgan fingerprint density at radius 1 is 1.00 bits per heavy atom. The van der Waals surface area contributed by atoms with E-state index in [2.05, 4.69) is 0 Å². The van der Waals surface area contributed by atoms with Crippen LogP contribution in [0.2, 0.25) is 5.02 Å². The predicted molar refractivity (Wildman–Crippen MR) is 169 cm³/mol. The standard InChI is InChI=1S/C35H40ClF3N2O4/c1-22(2)45-31-21-29-24(19-30(31)44-4)20-32(42)41(33(29)23-5-9-27(36)10-6-23)28-11-7-25(8-12-28)34(3,43)26-13-16-40(17-14-26)18-15-35(37,38)39/h5-12,19,21-22,26,33,43H,13-18,20H2,1-4H3. The SMILES string of the molecule is COc1cc2c(cc1OC(C)C)C(c1ccc(Cl)cc1)N(c1ccc(C(C)(O)C3CCN(CCC(F)(F)F)CC3)cc1)C(=O)C2. The van der Waals surface area contributed by atoms with E-state index in [1.165, 1.54) is 0 Å². The first-order valence-corrected chi connectivity index (χ1v) is 15.7. The summed E-state index contributed by atoms with van der Waals surface area (Å²) in [5.41, 5.74) is 2.84. The molecule has 0 spiro atoms. The van der Waals surface area contributed by atoms with Gasteiger partial charge in [-0.2, -0.15) is 13.2 Å². The number of rotatable bonds is 9. The Morgan fingerprint density at radius 2 is 1.64 bits per heavy atom. The van der Waals surface area contributed by atoms with Crippen LogP contribution >= 0.6 is 11.6 Å². The quantitative estimate of drug-likeness (QED) is 0.259. The van der Waals surface area contributed by atoms with E-state index >= 15 is 0 Å². The second kappa shape index (κ2) is 13.2. The van der Waals surface area contributed by atoms with Crippen molar-refractivity contribution in [2.45, 2.75) is 70.4 Å². The third-order valence-corrected chi connectivity index (χ3v) is 9.21. The summed E-state index contributed by atoms with van der Waals surface area (Å²) in [6, 6.07) is 18.2. The number of aliphatic hydroxyl groups is 1. The zero-order valence-corrected chi connectivity index (χ0v) is 26.8. The van der Waals surface area contributed by atoms with Crippen molar-refractivity contribution >= 4 is 23.2 Å². The molecule has 5 rings (SSSR count). The minimum atomic E-state index is -4.18. The molecule has 3 aromatic carbocycles. The van der Waals surface area contributed by atoms with E-state index in [4.69, 9.17) is 21.1 Å². The highest BCUT2D eigenvalue weighted by atomic mass is 35.5. The van der Waals surface area contributed by atoms with Gasteiger partial charge in [-0.3, -0.25) is 4.79 Å². The highest BCUT2D eigenvalue weighted by Crippen LogP contribution is 2.44. The summed E-state index contributed by atoms with van der Waals surface area (Å²) >= 11 is 6.23. The van der Waals surface area contributed by atoms with E-state index in [0.717, 1.165) is 16.7 Å². The number of halogens is 4. The highest BCUT2D eigenvalue weighted by Gasteiger charge is 2.39. The summed E-state index contributed by atoms with van der Waals surface area (Å²) in [6.07, 6.45) is -3.73. The largest absolute Gasteiger partial charge is 0.493 e. The number of alkyl halides is 3. The van der Waals surface area contributed by atoms with Gasteiger partial charge in [-0.1, -0.05) is 35.9 Å². The highest BCUT2D eigenvalue weighted by molar-refractivity contribution is 6.30. The Balaban J connectivity index is 1.44. The maximum Gasteiger partial charge on any atom is 0.390 e. The number of fused-ring (bicyclic) bond motifs is 1. The molecule has 2 aliphatic heterocycles. The van der Waals surface area contributed by atoms with Gasteiger partial charge in [0.25, 0.3) is 0 Å². The molecule has 2 atom stereocenters. The van der Waals surface area contributed by atoms with Gasteiger partial charge in [0.05, 0.1) is 37.7 Å². The van der Waals surface area contributed by atoms with Crippen molar-refractivity contribution in [1.29, 1.82) is 0 Å². The fraction of sp³-hybridized carbons (Fsp3) is 0.457. The first kappa shape index (κ1) is 33.1. The van der Waals surface area contributed by atoms with E-state index in [1.54, 1.807) is 31.1 Å². The summed E-state index contributed by atoms with van der Waals surface area (Å²) in [4.78, 5) is 17.4. The van der Waals surface area contributed by atoms with Gasteiger partial charge in [-0.15, -0.1) is 0 Å². The lowest BCUT2D eigenvalue weighted by Gasteiger charge is -2.40. The van der Waals surface area contributed by atoms with Crippen molar-refractivity contribution in [3.8, 4) is 11.5 Å². The maximum atomic E-state index is 13.8. The van der Waals surface area contributed by atoms with Gasteiger partial charge in [0.2, 0.25) is 5.91 Å². The molecule has 0 aromatic heterocycles. The molecule has 1 amide bonds. The van der Waals surface area contributed by atoms with Crippen molar-refractivity contribution in [1.82, 2.24) is 4.90 Å². The Bertz CT molecular complexity index is 1480. The third-order valence-electron chi connectivity index (χ3n) is 8.96. The van der Waals surface area contributed by atoms with E-state index in [-0.39, 0.29) is 30.9 Å². The summed E-state index contributed by atoms with van der Waals surface area (Å²) in [7, 11) is 1.58. The molecule has 2 aliphatic rings. The van der Waals surface area contributed by atoms with Gasteiger partial charge < -0.3 is 24.4 Å². The molecule has 2 unspecified atom stereocenters. The zero-order valence-electron chi connectivity index (χ0n) is 26.0. The van der Waals surface area contributed by atoms with Crippen molar-refractivity contribution in [2.75, 3.05) is 31.6 Å². The van der Waals surface area contributed by atoms with Crippen LogP contribution in [-0.2, 0) is 16.8 Å². The van der Waals surface area contributed by atoms with Gasteiger partial charge in [0, 0.05) is 17.3 Å². The van der Waals surface area contributed by atoms with Crippen LogP contribution in [-0.4, -0.2) is 54.9 Å². The van der Waals surface area contributed by atoms with Crippen molar-refractivity contribution in [3.05, 3.63) is 87.9 Å². The first-order valence-electron chi connectivity index (χ1n) is 15.3. The number of amides is 1. The molecule has 2 heterocycles. The normalized spacial score (nSPS) is 19.4. The van der Waals surface area contributed by atoms with Gasteiger partial charge in [0.15, 0.2) is 11.5 Å². The predicted octanol–water partition coefficient (Wildman–Crippen LogP) is 7.69. The number of methoxy groups -OCH3 is 1. The van der Waals surface area contributed by atoms with Crippen molar-refractivity contribution in [2.24, 2.45) is 5.92 Å². The molecule has 0 aliphatic carbocycles. The molecule has 10 heteroatoms. The van der Waals surface area contributed by atoms with E-state index in [0.29, 0.717) is 53.7 Å². The molecule has 0 saturated carbocycles. The van der Waals surface area contributed by atoms with Crippen LogP contribution in [0, 0.1) is 5.92 Å². The fourth-order valence-electron chi connectivity index (χ4n) is 6.53. The third kappa shape index (κ3) is 7.42.